The first-order chi connectivity index (χ1) is 16.4. The van der Waals surface area contributed by atoms with Crippen molar-refractivity contribution in [2.75, 3.05) is 26.2 Å². The average molecular weight is 467 g/mol. The summed E-state index contributed by atoms with van der Waals surface area (Å²) in [4.78, 5) is 37.1. The lowest BCUT2D eigenvalue weighted by Gasteiger charge is -2.32. The van der Waals surface area contributed by atoms with Crippen molar-refractivity contribution in [3.05, 3.63) is 59.7 Å². The molecule has 1 heterocycles. The van der Waals surface area contributed by atoms with E-state index in [0.717, 1.165) is 22.3 Å². The van der Waals surface area contributed by atoms with Gasteiger partial charge in [0.05, 0.1) is 12.5 Å². The van der Waals surface area contributed by atoms with Gasteiger partial charge in [0.15, 0.2) is 0 Å². The van der Waals surface area contributed by atoms with Crippen LogP contribution in [0.15, 0.2) is 48.5 Å². The second-order valence-corrected chi connectivity index (χ2v) is 8.99. The van der Waals surface area contributed by atoms with Crippen LogP contribution in [0.1, 0.15) is 42.7 Å². The van der Waals surface area contributed by atoms with E-state index in [1.165, 1.54) is 0 Å². The molecule has 1 unspecified atom stereocenters. The SMILES string of the molecule is O=C(O)CC1CCN(C(=O)CC(O)CNC(=O)OCC2c3ccccc3-c3ccccc32)CC1. The van der Waals surface area contributed by atoms with Gasteiger partial charge < -0.3 is 25.2 Å². The van der Waals surface area contributed by atoms with Crippen LogP contribution in [0, 0.1) is 5.92 Å². The number of benzene rings is 2. The van der Waals surface area contributed by atoms with Crippen molar-refractivity contribution < 1.29 is 29.3 Å². The highest BCUT2D eigenvalue weighted by Crippen LogP contribution is 2.44. The molecule has 1 saturated heterocycles. The van der Waals surface area contributed by atoms with Gasteiger partial charge in [-0.3, -0.25) is 9.59 Å². The first-order valence-electron chi connectivity index (χ1n) is 11.7. The van der Waals surface area contributed by atoms with E-state index in [1.807, 2.05) is 36.4 Å². The van der Waals surface area contributed by atoms with E-state index in [1.54, 1.807) is 4.90 Å². The molecule has 1 aliphatic heterocycles. The zero-order valence-electron chi connectivity index (χ0n) is 19.0. The smallest absolute Gasteiger partial charge is 0.407 e. The van der Waals surface area contributed by atoms with E-state index in [0.29, 0.717) is 25.9 Å². The number of carboxylic acid groups (broad SMARTS) is 1. The molecule has 1 aliphatic carbocycles. The first kappa shape index (κ1) is 23.8. The first-order valence-corrected chi connectivity index (χ1v) is 11.7. The minimum atomic E-state index is -1.02. The highest BCUT2D eigenvalue weighted by atomic mass is 16.5. The van der Waals surface area contributed by atoms with Crippen molar-refractivity contribution in [2.45, 2.75) is 37.7 Å². The highest BCUT2D eigenvalue weighted by molar-refractivity contribution is 5.79. The number of alkyl carbamates (subject to hydrolysis) is 1. The number of amides is 2. The zero-order chi connectivity index (χ0) is 24.1. The van der Waals surface area contributed by atoms with Crippen LogP contribution in [0.3, 0.4) is 0 Å². The molecule has 0 bridgehead atoms. The molecule has 34 heavy (non-hydrogen) atoms. The molecule has 2 aliphatic rings. The standard InChI is InChI=1S/C26H30N2O6/c29-18(14-24(30)28-11-9-17(10-12-28)13-25(31)32)15-27-26(33)34-16-23-21-7-3-1-5-19(21)20-6-2-4-8-22(20)23/h1-8,17-18,23,29H,9-16H2,(H,27,33)(H,31,32). The number of fused-ring (bicyclic) bond motifs is 3. The monoisotopic (exact) mass is 466 g/mol. The van der Waals surface area contributed by atoms with Gasteiger partial charge in [0, 0.05) is 32.0 Å². The van der Waals surface area contributed by atoms with E-state index in [4.69, 9.17) is 9.84 Å². The molecule has 1 fully saturated rings. The van der Waals surface area contributed by atoms with Gasteiger partial charge in [0.2, 0.25) is 5.91 Å². The van der Waals surface area contributed by atoms with Gasteiger partial charge in [-0.05, 0) is 41.0 Å². The summed E-state index contributed by atoms with van der Waals surface area (Å²) in [6, 6.07) is 16.1. The number of aliphatic hydroxyl groups is 1. The molecule has 8 heteroatoms. The van der Waals surface area contributed by atoms with Crippen molar-refractivity contribution in [3.63, 3.8) is 0 Å². The number of likely N-dealkylation sites (tertiary alicyclic amines) is 1. The van der Waals surface area contributed by atoms with Gasteiger partial charge in [0.25, 0.3) is 0 Å². The minimum absolute atomic E-state index is 0.0475. The molecular formula is C26H30N2O6. The van der Waals surface area contributed by atoms with Crippen LogP contribution in [-0.4, -0.2) is 65.4 Å². The summed E-state index contributed by atoms with van der Waals surface area (Å²) in [6.45, 7) is 1.07. The van der Waals surface area contributed by atoms with Crippen molar-refractivity contribution >= 4 is 18.0 Å². The quantitative estimate of drug-likeness (QED) is 0.551. The molecule has 180 valence electrons. The number of rotatable bonds is 8. The maximum Gasteiger partial charge on any atom is 0.407 e. The summed E-state index contributed by atoms with van der Waals surface area (Å²) in [7, 11) is 0. The van der Waals surface area contributed by atoms with Gasteiger partial charge in [-0.25, -0.2) is 4.79 Å². The topological polar surface area (TPSA) is 116 Å². The van der Waals surface area contributed by atoms with Gasteiger partial charge in [-0.2, -0.15) is 0 Å². The lowest BCUT2D eigenvalue weighted by atomic mass is 9.93. The summed E-state index contributed by atoms with van der Waals surface area (Å²) in [6.07, 6.45) is -0.354. The zero-order valence-corrected chi connectivity index (χ0v) is 19.0. The molecule has 1 atom stereocenters. The third kappa shape index (κ3) is 5.56. The van der Waals surface area contributed by atoms with E-state index in [2.05, 4.69) is 17.4 Å². The third-order valence-electron chi connectivity index (χ3n) is 6.67. The number of carboxylic acids is 1. The fourth-order valence-corrected chi connectivity index (χ4v) is 4.89. The molecule has 2 aromatic rings. The molecule has 0 saturated carbocycles. The maximum atomic E-state index is 12.4. The van der Waals surface area contributed by atoms with Crippen LogP contribution in [0.25, 0.3) is 11.1 Å². The van der Waals surface area contributed by atoms with Crippen LogP contribution >= 0.6 is 0 Å². The molecular weight excluding hydrogens is 436 g/mol. The van der Waals surface area contributed by atoms with Crippen LogP contribution in [-0.2, 0) is 14.3 Å². The predicted molar refractivity (Wildman–Crippen MR) is 125 cm³/mol. The maximum absolute atomic E-state index is 12.4. The number of nitrogens with zero attached hydrogens (tertiary/aromatic N) is 1. The van der Waals surface area contributed by atoms with Crippen molar-refractivity contribution in [1.29, 1.82) is 0 Å². The molecule has 0 spiro atoms. The largest absolute Gasteiger partial charge is 0.481 e. The Bertz CT molecular complexity index is 1000. The fourth-order valence-electron chi connectivity index (χ4n) is 4.89. The number of aliphatic carboxylic acids is 1. The van der Waals surface area contributed by atoms with E-state index in [-0.39, 0.29) is 43.7 Å². The molecule has 4 rings (SSSR count). The van der Waals surface area contributed by atoms with Crippen LogP contribution in [0.5, 0.6) is 0 Å². The number of hydrogen-bond donors (Lipinski definition) is 3. The minimum Gasteiger partial charge on any atom is -0.481 e. The molecule has 3 N–H and O–H groups in total. The normalized spacial score (nSPS) is 16.4. The molecule has 0 radical (unpaired) electrons. The number of carbonyl (C=O) groups is 3. The highest BCUT2D eigenvalue weighted by Gasteiger charge is 2.29. The Balaban J connectivity index is 1.20. The summed E-state index contributed by atoms with van der Waals surface area (Å²) < 4.78 is 5.45. The van der Waals surface area contributed by atoms with Crippen LogP contribution < -0.4 is 5.32 Å². The number of piperidine rings is 1. The van der Waals surface area contributed by atoms with Crippen LogP contribution in [0.4, 0.5) is 4.79 Å². The summed E-state index contributed by atoms with van der Waals surface area (Å²) in [5.74, 6) is -0.981. The third-order valence-corrected chi connectivity index (χ3v) is 6.67. The van der Waals surface area contributed by atoms with Crippen molar-refractivity contribution in [3.8, 4) is 11.1 Å². The van der Waals surface area contributed by atoms with E-state index in [9.17, 15) is 19.5 Å². The Labute approximate surface area is 198 Å². The molecule has 2 aromatic carbocycles. The van der Waals surface area contributed by atoms with E-state index >= 15 is 0 Å². The van der Waals surface area contributed by atoms with Crippen molar-refractivity contribution in [2.24, 2.45) is 5.92 Å². The Hall–Kier alpha value is -3.39. The molecule has 0 aromatic heterocycles. The van der Waals surface area contributed by atoms with Gasteiger partial charge in [-0.1, -0.05) is 48.5 Å². The predicted octanol–water partition coefficient (Wildman–Crippen LogP) is 2.99. The Morgan fingerprint density at radius 2 is 1.59 bits per heavy atom. The van der Waals surface area contributed by atoms with Gasteiger partial charge >= 0.3 is 12.1 Å². The van der Waals surface area contributed by atoms with Gasteiger partial charge in [-0.15, -0.1) is 0 Å². The summed E-state index contributed by atoms with van der Waals surface area (Å²) >= 11 is 0. The molecule has 8 nitrogen and oxygen atoms in total. The average Bonchev–Trinajstić information content (AvgIpc) is 3.15. The summed E-state index contributed by atoms with van der Waals surface area (Å²) in [5, 5.41) is 21.7. The van der Waals surface area contributed by atoms with Crippen LogP contribution in [0.2, 0.25) is 0 Å². The number of aliphatic hydroxyl groups excluding tert-OH is 1. The Kier molecular flexibility index (Phi) is 7.47. The summed E-state index contributed by atoms with van der Waals surface area (Å²) in [5.41, 5.74) is 4.53. The number of nitrogens with one attached hydrogen (secondary N) is 1. The van der Waals surface area contributed by atoms with Crippen molar-refractivity contribution in [1.82, 2.24) is 10.2 Å². The second-order valence-electron chi connectivity index (χ2n) is 8.99. The molecule has 2 amide bonds. The lowest BCUT2D eigenvalue weighted by molar-refractivity contribution is -0.139. The number of ether oxygens (including phenoxy) is 1. The number of carbonyl (C=O) groups excluding carboxylic acids is 2. The van der Waals surface area contributed by atoms with Gasteiger partial charge in [0.1, 0.15) is 6.61 Å². The number of hydrogen-bond acceptors (Lipinski definition) is 5. The van der Waals surface area contributed by atoms with E-state index < -0.39 is 18.2 Å². The Morgan fingerprint density at radius 1 is 1.00 bits per heavy atom. The lowest BCUT2D eigenvalue weighted by Crippen LogP contribution is -2.42. The fraction of sp³-hybridized carbons (Fsp3) is 0.423. The Morgan fingerprint density at radius 3 is 2.18 bits per heavy atom. The second kappa shape index (κ2) is 10.7.